The molecule has 3 rings (SSSR count). The van der Waals surface area contributed by atoms with Crippen molar-refractivity contribution >= 4 is 21.4 Å². The highest BCUT2D eigenvalue weighted by Gasteiger charge is 2.69. The summed E-state index contributed by atoms with van der Waals surface area (Å²) in [5.74, 6) is -0.471. The molecule has 0 saturated heterocycles. The molecule has 6 heteroatoms. The fourth-order valence-corrected chi connectivity index (χ4v) is 5.54. The first-order valence-electron chi connectivity index (χ1n) is 6.85. The summed E-state index contributed by atoms with van der Waals surface area (Å²) in [6, 6.07) is 15.1. The lowest BCUT2D eigenvalue weighted by molar-refractivity contribution is 0.253. The van der Waals surface area contributed by atoms with Crippen molar-refractivity contribution in [1.82, 2.24) is 0 Å². The van der Waals surface area contributed by atoms with Crippen molar-refractivity contribution in [3.05, 3.63) is 65.2 Å². The van der Waals surface area contributed by atoms with Crippen molar-refractivity contribution in [2.75, 3.05) is 6.61 Å². The third-order valence-corrected chi connectivity index (χ3v) is 6.73. The van der Waals surface area contributed by atoms with Gasteiger partial charge in [-0.1, -0.05) is 41.9 Å². The lowest BCUT2D eigenvalue weighted by Gasteiger charge is -2.08. The lowest BCUT2D eigenvalue weighted by Crippen LogP contribution is -2.35. The molecule has 1 aliphatic carbocycles. The highest BCUT2D eigenvalue weighted by atomic mass is 35.5. The van der Waals surface area contributed by atoms with E-state index in [4.69, 9.17) is 17.3 Å². The standard InChI is InChI=1S/C16H16ClNO3S/c17-12-6-4-5-11(9-12)14-15(16(14,18)10-19)22(20,21)13-7-2-1-3-8-13/h1-9,14-15,19H,10,18H2/t14-,15+,16+/m0/s1. The summed E-state index contributed by atoms with van der Waals surface area (Å²) in [7, 11) is -3.62. The minimum absolute atomic E-state index is 0.216. The number of aliphatic hydroxyl groups is 1. The monoisotopic (exact) mass is 337 g/mol. The largest absolute Gasteiger partial charge is 0.394 e. The van der Waals surface area contributed by atoms with Gasteiger partial charge in [-0.2, -0.15) is 0 Å². The Morgan fingerprint density at radius 2 is 1.82 bits per heavy atom. The van der Waals surface area contributed by atoms with Crippen molar-refractivity contribution < 1.29 is 13.5 Å². The van der Waals surface area contributed by atoms with E-state index in [0.717, 1.165) is 5.56 Å². The third-order valence-electron chi connectivity index (χ3n) is 4.19. The first-order valence-corrected chi connectivity index (χ1v) is 8.78. The smallest absolute Gasteiger partial charge is 0.183 e. The van der Waals surface area contributed by atoms with E-state index >= 15 is 0 Å². The quantitative estimate of drug-likeness (QED) is 0.893. The Morgan fingerprint density at radius 3 is 2.41 bits per heavy atom. The molecule has 0 unspecified atom stereocenters. The van der Waals surface area contributed by atoms with Gasteiger partial charge in [0.25, 0.3) is 0 Å². The molecule has 0 radical (unpaired) electrons. The van der Waals surface area contributed by atoms with E-state index in [1.165, 1.54) is 0 Å². The number of hydrogen-bond donors (Lipinski definition) is 2. The molecule has 0 aromatic heterocycles. The van der Waals surface area contributed by atoms with Gasteiger partial charge >= 0.3 is 0 Å². The summed E-state index contributed by atoms with van der Waals surface area (Å²) in [4.78, 5) is 0.216. The summed E-state index contributed by atoms with van der Waals surface area (Å²) < 4.78 is 25.6. The summed E-state index contributed by atoms with van der Waals surface area (Å²) >= 11 is 5.98. The number of hydrogen-bond acceptors (Lipinski definition) is 4. The van der Waals surface area contributed by atoms with Crippen molar-refractivity contribution in [1.29, 1.82) is 0 Å². The predicted octanol–water partition coefficient (Wildman–Crippen LogP) is 1.97. The Kier molecular flexibility index (Phi) is 3.77. The molecular weight excluding hydrogens is 322 g/mol. The summed E-state index contributed by atoms with van der Waals surface area (Å²) in [5.41, 5.74) is 5.72. The van der Waals surface area contributed by atoms with Crippen LogP contribution in [0.25, 0.3) is 0 Å². The fourth-order valence-electron chi connectivity index (χ4n) is 3.02. The number of aliphatic hydroxyl groups excluding tert-OH is 1. The molecule has 2 aromatic rings. The van der Waals surface area contributed by atoms with Crippen LogP contribution >= 0.6 is 11.6 Å². The van der Waals surface area contributed by atoms with Crippen LogP contribution in [0, 0.1) is 0 Å². The van der Waals surface area contributed by atoms with Gasteiger partial charge < -0.3 is 10.8 Å². The maximum atomic E-state index is 12.8. The molecular formula is C16H16ClNO3S. The van der Waals surface area contributed by atoms with Crippen LogP contribution in [-0.2, 0) is 9.84 Å². The van der Waals surface area contributed by atoms with E-state index in [1.54, 1.807) is 54.6 Å². The number of sulfone groups is 1. The molecule has 0 spiro atoms. The average Bonchev–Trinajstić information content (AvgIpc) is 3.16. The molecule has 0 amide bonds. The minimum Gasteiger partial charge on any atom is -0.394 e. The Balaban J connectivity index is 2.04. The molecule has 3 atom stereocenters. The molecule has 1 aliphatic rings. The number of benzene rings is 2. The van der Waals surface area contributed by atoms with Gasteiger partial charge in [0.1, 0.15) is 0 Å². The highest BCUT2D eigenvalue weighted by Crippen LogP contribution is 2.55. The summed E-state index contributed by atoms with van der Waals surface area (Å²) in [5, 5.41) is 9.28. The van der Waals surface area contributed by atoms with Crippen molar-refractivity contribution in [2.45, 2.75) is 21.6 Å². The van der Waals surface area contributed by atoms with E-state index in [-0.39, 0.29) is 4.90 Å². The molecule has 0 aliphatic heterocycles. The molecule has 2 aromatic carbocycles. The minimum atomic E-state index is -3.62. The summed E-state index contributed by atoms with van der Waals surface area (Å²) in [6.45, 7) is -0.402. The number of rotatable bonds is 4. The lowest BCUT2D eigenvalue weighted by atomic mass is 10.1. The van der Waals surface area contributed by atoms with Crippen molar-refractivity contribution in [2.24, 2.45) is 5.73 Å². The van der Waals surface area contributed by atoms with Crippen LogP contribution in [0.5, 0.6) is 0 Å². The van der Waals surface area contributed by atoms with Crippen LogP contribution in [0.3, 0.4) is 0 Å². The SMILES string of the molecule is N[C@@]1(CO)[C@H](S(=O)(=O)c2ccccc2)[C@@H]1c1cccc(Cl)c1. The zero-order chi connectivity index (χ0) is 16.0. The second kappa shape index (κ2) is 5.35. The highest BCUT2D eigenvalue weighted by molar-refractivity contribution is 7.92. The van der Waals surface area contributed by atoms with Crippen LogP contribution in [0.2, 0.25) is 5.02 Å². The van der Waals surface area contributed by atoms with Gasteiger partial charge in [0.2, 0.25) is 0 Å². The van der Waals surface area contributed by atoms with Gasteiger partial charge in [-0.25, -0.2) is 8.42 Å². The van der Waals surface area contributed by atoms with Crippen LogP contribution in [0.4, 0.5) is 0 Å². The molecule has 4 nitrogen and oxygen atoms in total. The number of halogens is 1. The molecule has 3 N–H and O–H groups in total. The third kappa shape index (κ3) is 2.34. The normalized spacial score (nSPS) is 27.6. The predicted molar refractivity (Wildman–Crippen MR) is 85.6 cm³/mol. The van der Waals surface area contributed by atoms with Crippen LogP contribution < -0.4 is 5.73 Å². The second-order valence-electron chi connectivity index (χ2n) is 5.58. The molecule has 116 valence electrons. The van der Waals surface area contributed by atoms with Gasteiger partial charge in [-0.15, -0.1) is 0 Å². The zero-order valence-corrected chi connectivity index (χ0v) is 13.3. The van der Waals surface area contributed by atoms with Crippen molar-refractivity contribution in [3.63, 3.8) is 0 Å². The van der Waals surface area contributed by atoms with Gasteiger partial charge in [0, 0.05) is 10.9 Å². The first kappa shape index (κ1) is 15.5. The Morgan fingerprint density at radius 1 is 1.14 bits per heavy atom. The Hall–Kier alpha value is -1.40. The molecule has 1 saturated carbocycles. The van der Waals surface area contributed by atoms with E-state index in [2.05, 4.69) is 0 Å². The maximum absolute atomic E-state index is 12.8. The van der Waals surface area contributed by atoms with Gasteiger partial charge in [-0.05, 0) is 29.8 Å². The van der Waals surface area contributed by atoms with E-state index in [9.17, 15) is 13.5 Å². The average molecular weight is 338 g/mol. The first-order chi connectivity index (χ1) is 10.4. The van der Waals surface area contributed by atoms with Crippen molar-refractivity contribution in [3.8, 4) is 0 Å². The topological polar surface area (TPSA) is 80.4 Å². The Labute approximate surface area is 134 Å². The van der Waals surface area contributed by atoms with Crippen LogP contribution in [0.15, 0.2) is 59.5 Å². The maximum Gasteiger partial charge on any atom is 0.183 e. The molecule has 1 fully saturated rings. The van der Waals surface area contributed by atoms with E-state index < -0.39 is 33.2 Å². The van der Waals surface area contributed by atoms with Gasteiger partial charge in [0.05, 0.1) is 22.3 Å². The van der Waals surface area contributed by atoms with E-state index in [1.807, 2.05) is 0 Å². The van der Waals surface area contributed by atoms with Gasteiger partial charge in [0.15, 0.2) is 9.84 Å². The summed E-state index contributed by atoms with van der Waals surface area (Å²) in [6.07, 6.45) is 0. The fraction of sp³-hybridized carbons (Fsp3) is 0.250. The van der Waals surface area contributed by atoms with Gasteiger partial charge in [-0.3, -0.25) is 0 Å². The number of nitrogens with two attached hydrogens (primary N) is 1. The molecule has 0 bridgehead atoms. The molecule has 0 heterocycles. The Bertz CT molecular complexity index is 794. The second-order valence-corrected chi connectivity index (χ2v) is 8.09. The van der Waals surface area contributed by atoms with Crippen LogP contribution in [0.1, 0.15) is 11.5 Å². The van der Waals surface area contributed by atoms with Crippen LogP contribution in [-0.4, -0.2) is 30.9 Å². The zero-order valence-electron chi connectivity index (χ0n) is 11.7. The van der Waals surface area contributed by atoms with E-state index in [0.29, 0.717) is 5.02 Å². The molecule has 22 heavy (non-hydrogen) atoms.